The zero-order chi connectivity index (χ0) is 17.2. The van der Waals surface area contributed by atoms with Crippen molar-refractivity contribution in [3.05, 3.63) is 47.0 Å². The van der Waals surface area contributed by atoms with E-state index in [0.29, 0.717) is 19.8 Å². The van der Waals surface area contributed by atoms with Gasteiger partial charge in [0.15, 0.2) is 11.5 Å². The maximum atomic E-state index is 6.23. The largest absolute Gasteiger partial charge is 0.486 e. The highest BCUT2D eigenvalue weighted by Crippen LogP contribution is 2.38. The summed E-state index contributed by atoms with van der Waals surface area (Å²) in [5.74, 6) is 1.60. The second kappa shape index (κ2) is 6.98. The van der Waals surface area contributed by atoms with Crippen LogP contribution in [0.25, 0.3) is 22.2 Å². The highest BCUT2D eigenvalue weighted by Gasteiger charge is 2.17. The van der Waals surface area contributed by atoms with Gasteiger partial charge in [0.1, 0.15) is 13.2 Å². The van der Waals surface area contributed by atoms with Crippen LogP contribution in [0.4, 0.5) is 0 Å². The molecular formula is C20H21ClN2O2. The highest BCUT2D eigenvalue weighted by atomic mass is 35.5. The molecule has 0 saturated heterocycles. The van der Waals surface area contributed by atoms with Crippen LogP contribution in [0.15, 0.2) is 36.4 Å². The van der Waals surface area contributed by atoms with E-state index in [1.807, 2.05) is 30.3 Å². The molecule has 0 bridgehead atoms. The summed E-state index contributed by atoms with van der Waals surface area (Å²) in [4.78, 5) is 3.56. The number of ether oxygens (including phenoxy) is 2. The van der Waals surface area contributed by atoms with Crippen molar-refractivity contribution in [2.45, 2.75) is 19.3 Å². The first kappa shape index (κ1) is 16.3. The van der Waals surface area contributed by atoms with E-state index < -0.39 is 0 Å². The number of H-pyrrole nitrogens is 1. The Balaban J connectivity index is 1.81. The molecule has 130 valence electrons. The van der Waals surface area contributed by atoms with Crippen molar-refractivity contribution in [2.75, 3.05) is 19.8 Å². The average molecular weight is 357 g/mol. The van der Waals surface area contributed by atoms with Gasteiger partial charge in [-0.1, -0.05) is 11.6 Å². The van der Waals surface area contributed by atoms with E-state index in [0.717, 1.165) is 52.6 Å². The molecule has 0 unspecified atom stereocenters. The van der Waals surface area contributed by atoms with Crippen molar-refractivity contribution in [1.29, 1.82) is 0 Å². The van der Waals surface area contributed by atoms with Gasteiger partial charge in [-0.3, -0.25) is 0 Å². The maximum Gasteiger partial charge on any atom is 0.162 e. The van der Waals surface area contributed by atoms with Gasteiger partial charge in [0.25, 0.3) is 0 Å². The number of fused-ring (bicyclic) bond motifs is 2. The topological polar surface area (TPSA) is 60.3 Å². The van der Waals surface area contributed by atoms with Gasteiger partial charge in [-0.25, -0.2) is 0 Å². The average Bonchev–Trinajstić information content (AvgIpc) is 2.99. The summed E-state index contributed by atoms with van der Waals surface area (Å²) in [6, 6.07) is 12.1. The van der Waals surface area contributed by atoms with Crippen LogP contribution < -0.4 is 15.2 Å². The van der Waals surface area contributed by atoms with Crippen molar-refractivity contribution in [1.82, 2.24) is 4.98 Å². The van der Waals surface area contributed by atoms with Gasteiger partial charge in [0, 0.05) is 27.2 Å². The predicted octanol–water partition coefficient (Wildman–Crippen LogP) is 4.54. The summed E-state index contributed by atoms with van der Waals surface area (Å²) in [5.41, 5.74) is 10.3. The van der Waals surface area contributed by atoms with E-state index in [4.69, 9.17) is 26.8 Å². The fraction of sp³-hybridized carbons (Fsp3) is 0.300. The fourth-order valence-corrected chi connectivity index (χ4v) is 3.54. The lowest BCUT2D eigenvalue weighted by atomic mass is 10.00. The van der Waals surface area contributed by atoms with Crippen molar-refractivity contribution in [2.24, 2.45) is 5.73 Å². The number of aromatic amines is 1. The van der Waals surface area contributed by atoms with Crippen LogP contribution in [0, 0.1) is 0 Å². The standard InChI is InChI=1S/C20H21ClN2O2/c21-14-5-6-17-16(12-14)15(3-1-2-8-22)20(23-17)13-4-7-18-19(11-13)25-10-9-24-18/h4-7,11-12,23H,1-3,8-10,22H2. The molecule has 2 heterocycles. The summed E-state index contributed by atoms with van der Waals surface area (Å²) >= 11 is 6.23. The maximum absolute atomic E-state index is 6.23. The van der Waals surface area contributed by atoms with Gasteiger partial charge < -0.3 is 20.2 Å². The molecule has 1 aliphatic heterocycles. The number of hydrogen-bond donors (Lipinski definition) is 2. The Morgan fingerprint density at radius 2 is 1.84 bits per heavy atom. The Hall–Kier alpha value is -2.17. The lowest BCUT2D eigenvalue weighted by molar-refractivity contribution is 0.171. The molecule has 3 N–H and O–H groups in total. The quantitative estimate of drug-likeness (QED) is 0.660. The lowest BCUT2D eigenvalue weighted by Crippen LogP contribution is -2.15. The number of rotatable bonds is 5. The molecule has 0 radical (unpaired) electrons. The van der Waals surface area contributed by atoms with Gasteiger partial charge >= 0.3 is 0 Å². The summed E-state index contributed by atoms with van der Waals surface area (Å²) < 4.78 is 11.4. The van der Waals surface area contributed by atoms with Crippen LogP contribution in [-0.4, -0.2) is 24.7 Å². The molecule has 4 rings (SSSR count). The number of halogens is 1. The molecule has 2 aromatic carbocycles. The van der Waals surface area contributed by atoms with Crippen LogP contribution in [-0.2, 0) is 6.42 Å². The van der Waals surface area contributed by atoms with Crippen molar-refractivity contribution >= 4 is 22.5 Å². The minimum atomic E-state index is 0.585. The normalized spacial score (nSPS) is 13.4. The number of benzene rings is 2. The second-order valence-electron chi connectivity index (χ2n) is 6.27. The van der Waals surface area contributed by atoms with Crippen LogP contribution in [0.3, 0.4) is 0 Å². The number of unbranched alkanes of at least 4 members (excludes halogenated alkanes) is 1. The molecule has 0 spiro atoms. The van der Waals surface area contributed by atoms with E-state index in [9.17, 15) is 0 Å². The molecule has 1 aliphatic rings. The Morgan fingerprint density at radius 3 is 2.68 bits per heavy atom. The molecule has 4 nitrogen and oxygen atoms in total. The zero-order valence-electron chi connectivity index (χ0n) is 14.0. The first-order chi connectivity index (χ1) is 12.3. The number of nitrogens with one attached hydrogen (secondary N) is 1. The molecule has 25 heavy (non-hydrogen) atoms. The highest BCUT2D eigenvalue weighted by molar-refractivity contribution is 6.31. The third-order valence-electron chi connectivity index (χ3n) is 4.58. The fourth-order valence-electron chi connectivity index (χ4n) is 3.37. The molecule has 0 saturated carbocycles. The zero-order valence-corrected chi connectivity index (χ0v) is 14.7. The first-order valence-electron chi connectivity index (χ1n) is 8.66. The number of aryl methyl sites for hydroxylation is 1. The monoisotopic (exact) mass is 356 g/mol. The van der Waals surface area contributed by atoms with Gasteiger partial charge in [0.2, 0.25) is 0 Å². The molecule has 0 atom stereocenters. The first-order valence-corrected chi connectivity index (χ1v) is 9.04. The summed E-state index contributed by atoms with van der Waals surface area (Å²) in [5, 5.41) is 1.93. The summed E-state index contributed by atoms with van der Waals surface area (Å²) in [6.07, 6.45) is 3.02. The van der Waals surface area contributed by atoms with Crippen molar-refractivity contribution in [3.8, 4) is 22.8 Å². The Kier molecular flexibility index (Phi) is 4.55. The minimum absolute atomic E-state index is 0.585. The third-order valence-corrected chi connectivity index (χ3v) is 4.82. The minimum Gasteiger partial charge on any atom is -0.486 e. The molecule has 5 heteroatoms. The third kappa shape index (κ3) is 3.20. The van der Waals surface area contributed by atoms with Gasteiger partial charge in [-0.05, 0) is 67.8 Å². The van der Waals surface area contributed by atoms with Crippen molar-refractivity contribution < 1.29 is 9.47 Å². The lowest BCUT2D eigenvalue weighted by Gasteiger charge is -2.19. The molecule has 0 aliphatic carbocycles. The SMILES string of the molecule is NCCCCc1c(-c2ccc3c(c2)OCCO3)[nH]c2ccc(Cl)cc12. The summed E-state index contributed by atoms with van der Waals surface area (Å²) in [6.45, 7) is 1.90. The van der Waals surface area contributed by atoms with Gasteiger partial charge in [0.05, 0.1) is 0 Å². The van der Waals surface area contributed by atoms with Crippen LogP contribution in [0.2, 0.25) is 5.02 Å². The Morgan fingerprint density at radius 1 is 1.00 bits per heavy atom. The second-order valence-corrected chi connectivity index (χ2v) is 6.71. The molecular weight excluding hydrogens is 336 g/mol. The molecule has 0 amide bonds. The van der Waals surface area contributed by atoms with Crippen LogP contribution in [0.1, 0.15) is 18.4 Å². The molecule has 0 fully saturated rings. The number of hydrogen-bond acceptors (Lipinski definition) is 3. The van der Waals surface area contributed by atoms with Gasteiger partial charge in [-0.15, -0.1) is 0 Å². The van der Waals surface area contributed by atoms with Gasteiger partial charge in [-0.2, -0.15) is 0 Å². The van der Waals surface area contributed by atoms with E-state index in [-0.39, 0.29) is 0 Å². The summed E-state index contributed by atoms with van der Waals surface area (Å²) in [7, 11) is 0. The molecule has 1 aromatic heterocycles. The smallest absolute Gasteiger partial charge is 0.162 e. The van der Waals surface area contributed by atoms with Crippen LogP contribution >= 0.6 is 11.6 Å². The number of nitrogens with two attached hydrogens (primary N) is 1. The van der Waals surface area contributed by atoms with E-state index in [1.54, 1.807) is 0 Å². The van der Waals surface area contributed by atoms with E-state index in [2.05, 4.69) is 11.1 Å². The number of aromatic nitrogens is 1. The Labute approximate surface area is 151 Å². The van der Waals surface area contributed by atoms with E-state index >= 15 is 0 Å². The van der Waals surface area contributed by atoms with Crippen LogP contribution in [0.5, 0.6) is 11.5 Å². The van der Waals surface area contributed by atoms with E-state index in [1.165, 1.54) is 10.9 Å². The Bertz CT molecular complexity index is 904. The molecule has 3 aromatic rings. The predicted molar refractivity (Wildman–Crippen MR) is 102 cm³/mol. The van der Waals surface area contributed by atoms with Crippen molar-refractivity contribution in [3.63, 3.8) is 0 Å².